The fraction of sp³-hybridized carbons (Fsp3) is 0.222. The molecule has 1 rings (SSSR count). The second-order valence-corrected chi connectivity index (χ2v) is 2.39. The maximum Gasteiger partial charge on any atom is 0.227 e. The van der Waals surface area contributed by atoms with Crippen LogP contribution < -0.4 is 5.43 Å². The van der Waals surface area contributed by atoms with Crippen LogP contribution in [-0.4, -0.2) is 17.1 Å². The van der Waals surface area contributed by atoms with Crippen molar-refractivity contribution in [1.82, 2.24) is 10.4 Å². The number of aromatic nitrogens is 1. The first-order valence-corrected chi connectivity index (χ1v) is 4.04. The van der Waals surface area contributed by atoms with Crippen molar-refractivity contribution in [2.45, 2.75) is 13.3 Å². The predicted octanol–water partition coefficient (Wildman–Crippen LogP) is 0.942. The molecule has 4 heteroatoms. The summed E-state index contributed by atoms with van der Waals surface area (Å²) < 4.78 is 0. The molecule has 68 valence electrons. The molecular formula is C9H11N3O. The number of hydrazone groups is 1. The Bertz CT molecular complexity index is 295. The number of hydrogen-bond acceptors (Lipinski definition) is 3. The van der Waals surface area contributed by atoms with E-state index in [4.69, 9.17) is 0 Å². The third-order valence-electron chi connectivity index (χ3n) is 1.60. The Balaban J connectivity index is 2.84. The maximum atomic E-state index is 10.0. The van der Waals surface area contributed by atoms with Gasteiger partial charge in [0.2, 0.25) is 6.41 Å². The maximum absolute atomic E-state index is 10.0. The fourth-order valence-corrected chi connectivity index (χ4v) is 0.996. The molecular weight excluding hydrogens is 166 g/mol. The topological polar surface area (TPSA) is 54.4 Å². The number of carbonyl (C=O) groups excluding carboxylic acids is 1. The van der Waals surface area contributed by atoms with E-state index in [1.165, 1.54) is 0 Å². The van der Waals surface area contributed by atoms with E-state index in [-0.39, 0.29) is 0 Å². The predicted molar refractivity (Wildman–Crippen MR) is 50.3 cm³/mol. The first kappa shape index (κ1) is 9.38. The monoisotopic (exact) mass is 177 g/mol. The first-order chi connectivity index (χ1) is 6.38. The first-order valence-electron chi connectivity index (χ1n) is 4.04. The molecule has 13 heavy (non-hydrogen) atoms. The normalized spacial score (nSPS) is 11.0. The van der Waals surface area contributed by atoms with Crippen LogP contribution in [0.4, 0.5) is 0 Å². The number of amides is 1. The van der Waals surface area contributed by atoms with Crippen LogP contribution in [0.25, 0.3) is 0 Å². The van der Waals surface area contributed by atoms with Crippen LogP contribution >= 0.6 is 0 Å². The Morgan fingerprint density at radius 2 is 2.31 bits per heavy atom. The van der Waals surface area contributed by atoms with Crippen molar-refractivity contribution in [3.63, 3.8) is 0 Å². The van der Waals surface area contributed by atoms with Crippen LogP contribution in [0, 0.1) is 0 Å². The molecule has 1 aromatic rings. The summed E-state index contributed by atoms with van der Waals surface area (Å²) in [5.41, 5.74) is 4.11. The van der Waals surface area contributed by atoms with Crippen molar-refractivity contribution >= 4 is 12.1 Å². The van der Waals surface area contributed by atoms with Gasteiger partial charge in [0, 0.05) is 18.0 Å². The molecule has 0 atom stereocenters. The van der Waals surface area contributed by atoms with Gasteiger partial charge < -0.3 is 0 Å². The second-order valence-electron chi connectivity index (χ2n) is 2.39. The number of carbonyl (C=O) groups is 1. The van der Waals surface area contributed by atoms with Crippen LogP contribution in [0.15, 0.2) is 29.6 Å². The van der Waals surface area contributed by atoms with Crippen LogP contribution in [0.3, 0.4) is 0 Å². The van der Waals surface area contributed by atoms with Crippen molar-refractivity contribution < 1.29 is 4.79 Å². The average molecular weight is 177 g/mol. The van der Waals surface area contributed by atoms with Crippen molar-refractivity contribution in [2.75, 3.05) is 0 Å². The molecule has 1 amide bonds. The third kappa shape index (κ3) is 2.66. The van der Waals surface area contributed by atoms with Crippen LogP contribution in [0.1, 0.15) is 18.9 Å². The molecule has 0 aliphatic carbocycles. The van der Waals surface area contributed by atoms with Gasteiger partial charge in [-0.15, -0.1) is 0 Å². The SMILES string of the molecule is CCC(=NNC=O)c1ccncc1. The van der Waals surface area contributed by atoms with Gasteiger partial charge in [0.15, 0.2) is 0 Å². The summed E-state index contributed by atoms with van der Waals surface area (Å²) in [4.78, 5) is 13.9. The van der Waals surface area contributed by atoms with E-state index in [1.807, 2.05) is 19.1 Å². The Labute approximate surface area is 76.7 Å². The minimum absolute atomic E-state index is 0.552. The van der Waals surface area contributed by atoms with Gasteiger partial charge in [0.1, 0.15) is 0 Å². The van der Waals surface area contributed by atoms with Gasteiger partial charge in [0.25, 0.3) is 0 Å². The lowest BCUT2D eigenvalue weighted by Gasteiger charge is -2.01. The number of hydrogen-bond donors (Lipinski definition) is 1. The fourth-order valence-electron chi connectivity index (χ4n) is 0.996. The Morgan fingerprint density at radius 1 is 1.62 bits per heavy atom. The van der Waals surface area contributed by atoms with E-state index >= 15 is 0 Å². The lowest BCUT2D eigenvalue weighted by atomic mass is 10.1. The highest BCUT2D eigenvalue weighted by atomic mass is 16.1. The Kier molecular flexibility index (Phi) is 3.63. The number of nitrogens with one attached hydrogen (secondary N) is 1. The molecule has 1 N–H and O–H groups in total. The molecule has 0 aliphatic rings. The van der Waals surface area contributed by atoms with Gasteiger partial charge in [-0.1, -0.05) is 6.92 Å². The molecule has 0 unspecified atom stereocenters. The summed E-state index contributed by atoms with van der Waals surface area (Å²) in [6.07, 6.45) is 4.71. The standard InChI is InChI=1S/C9H11N3O/c1-2-9(12-11-7-13)8-3-5-10-6-4-8/h3-7H,2H2,1H3,(H,11,13). The van der Waals surface area contributed by atoms with E-state index in [2.05, 4.69) is 15.5 Å². The molecule has 1 heterocycles. The van der Waals surface area contributed by atoms with Gasteiger partial charge in [-0.3, -0.25) is 9.78 Å². The van der Waals surface area contributed by atoms with Crippen LogP contribution in [-0.2, 0) is 4.79 Å². The molecule has 4 nitrogen and oxygen atoms in total. The zero-order chi connectivity index (χ0) is 9.52. The molecule has 0 saturated carbocycles. The highest BCUT2D eigenvalue weighted by molar-refractivity contribution is 6.00. The highest BCUT2D eigenvalue weighted by Crippen LogP contribution is 2.01. The molecule has 0 bridgehead atoms. The number of rotatable bonds is 4. The molecule has 0 aromatic carbocycles. The van der Waals surface area contributed by atoms with Crippen molar-refractivity contribution in [3.05, 3.63) is 30.1 Å². The van der Waals surface area contributed by atoms with Gasteiger partial charge in [0.05, 0.1) is 5.71 Å². The van der Waals surface area contributed by atoms with E-state index in [9.17, 15) is 4.79 Å². The van der Waals surface area contributed by atoms with Crippen molar-refractivity contribution in [2.24, 2.45) is 5.10 Å². The number of pyridine rings is 1. The average Bonchev–Trinajstić information content (AvgIpc) is 2.21. The van der Waals surface area contributed by atoms with Gasteiger partial charge in [-0.2, -0.15) is 5.10 Å². The Hall–Kier alpha value is -1.71. The van der Waals surface area contributed by atoms with Crippen molar-refractivity contribution in [1.29, 1.82) is 0 Å². The third-order valence-corrected chi connectivity index (χ3v) is 1.60. The minimum Gasteiger partial charge on any atom is -0.277 e. The molecule has 0 spiro atoms. The summed E-state index contributed by atoms with van der Waals surface area (Å²) in [5, 5.41) is 3.90. The summed E-state index contributed by atoms with van der Waals surface area (Å²) in [6, 6.07) is 3.71. The largest absolute Gasteiger partial charge is 0.277 e. The van der Waals surface area contributed by atoms with E-state index in [0.29, 0.717) is 6.41 Å². The molecule has 1 aromatic heterocycles. The van der Waals surface area contributed by atoms with Crippen LogP contribution in [0.2, 0.25) is 0 Å². The lowest BCUT2D eigenvalue weighted by molar-refractivity contribution is -0.109. The molecule has 0 saturated heterocycles. The van der Waals surface area contributed by atoms with Crippen molar-refractivity contribution in [3.8, 4) is 0 Å². The quantitative estimate of drug-likeness (QED) is 0.423. The molecule has 0 radical (unpaired) electrons. The van der Waals surface area contributed by atoms with E-state index in [0.717, 1.165) is 17.7 Å². The van der Waals surface area contributed by atoms with Crippen LogP contribution in [0.5, 0.6) is 0 Å². The second kappa shape index (κ2) is 5.03. The van der Waals surface area contributed by atoms with Gasteiger partial charge in [-0.25, -0.2) is 5.43 Å². The lowest BCUT2D eigenvalue weighted by Crippen LogP contribution is -2.08. The van der Waals surface area contributed by atoms with E-state index < -0.39 is 0 Å². The Morgan fingerprint density at radius 3 is 2.85 bits per heavy atom. The van der Waals surface area contributed by atoms with Gasteiger partial charge >= 0.3 is 0 Å². The minimum atomic E-state index is 0.552. The molecule has 0 fully saturated rings. The summed E-state index contributed by atoms with van der Waals surface area (Å²) in [5.74, 6) is 0. The number of nitrogens with zero attached hydrogens (tertiary/aromatic N) is 2. The zero-order valence-electron chi connectivity index (χ0n) is 7.40. The molecule has 0 aliphatic heterocycles. The summed E-state index contributed by atoms with van der Waals surface area (Å²) >= 11 is 0. The summed E-state index contributed by atoms with van der Waals surface area (Å²) in [7, 11) is 0. The van der Waals surface area contributed by atoms with E-state index in [1.54, 1.807) is 12.4 Å². The zero-order valence-corrected chi connectivity index (χ0v) is 7.40. The highest BCUT2D eigenvalue weighted by Gasteiger charge is 1.98. The summed E-state index contributed by atoms with van der Waals surface area (Å²) in [6.45, 7) is 1.98. The van der Waals surface area contributed by atoms with Gasteiger partial charge in [-0.05, 0) is 18.6 Å². The smallest absolute Gasteiger partial charge is 0.227 e.